The van der Waals surface area contributed by atoms with Crippen LogP contribution in [0.15, 0.2) is 12.7 Å². The largest absolute Gasteiger partial charge is 1.00 e. The fourth-order valence-corrected chi connectivity index (χ4v) is 0.123. The van der Waals surface area contributed by atoms with Gasteiger partial charge in [0.1, 0.15) is 0 Å². The summed E-state index contributed by atoms with van der Waals surface area (Å²) in [5.41, 5.74) is 0. The summed E-state index contributed by atoms with van der Waals surface area (Å²) in [6.45, 7) is 3.22. The molecule has 0 aliphatic rings. The van der Waals surface area contributed by atoms with E-state index in [9.17, 15) is 4.79 Å². The van der Waals surface area contributed by atoms with Gasteiger partial charge in [0.15, 0.2) is 0 Å². The van der Waals surface area contributed by atoms with Gasteiger partial charge in [0, 0.05) is 0 Å². The molecule has 0 heterocycles. The second kappa shape index (κ2) is 5.81. The van der Waals surface area contributed by atoms with Crippen molar-refractivity contribution < 1.29 is 30.2 Å². The molecule has 0 unspecified atom stereocenters. The number of rotatable bonds is 2. The molecule has 7 heavy (non-hydrogen) atoms. The Morgan fingerprint density at radius 3 is 2.43 bits per heavy atom. The monoisotopic (exact) mass is 94.1 g/mol. The maximum Gasteiger partial charge on any atom is 1.00 e. The van der Waals surface area contributed by atoms with E-state index in [-0.39, 0.29) is 26.7 Å². The van der Waals surface area contributed by atoms with Crippen LogP contribution in [0.3, 0.4) is 0 Å². The first kappa shape index (κ1) is 9.93. The molecule has 0 aromatic rings. The topological polar surface area (TPSA) is 37.3 Å². The molecule has 36 valence electrons. The number of carbonyl (C=O) groups is 1. The van der Waals surface area contributed by atoms with Gasteiger partial charge < -0.3 is 6.53 Å². The van der Waals surface area contributed by atoms with Crippen molar-refractivity contribution in [2.75, 3.05) is 0 Å². The number of carboxylic acid groups (broad SMARTS) is 1. The van der Waals surface area contributed by atoms with Gasteiger partial charge in [-0.1, -0.05) is 6.08 Å². The van der Waals surface area contributed by atoms with Crippen LogP contribution in [0.4, 0.5) is 0 Å². The standard InChI is InChI=1S/C4H6O2.Li.H/c1-2-3-4(5)6;;/h2H,1,3H2,(H,5,6);;/q;+1;-1. The van der Waals surface area contributed by atoms with Gasteiger partial charge in [0.05, 0.1) is 6.42 Å². The van der Waals surface area contributed by atoms with Gasteiger partial charge in [0.2, 0.25) is 0 Å². The second-order valence-corrected chi connectivity index (χ2v) is 0.887. The molecule has 1 N–H and O–H groups in total. The van der Waals surface area contributed by atoms with Gasteiger partial charge in [-0.15, -0.1) is 6.58 Å². The first-order valence-electron chi connectivity index (χ1n) is 1.60. The van der Waals surface area contributed by atoms with Crippen molar-refractivity contribution in [3.8, 4) is 0 Å². The van der Waals surface area contributed by atoms with Crippen LogP contribution in [0.5, 0.6) is 0 Å². The Morgan fingerprint density at radius 2 is 2.43 bits per heavy atom. The minimum absolute atomic E-state index is 0. The molecule has 0 aromatic heterocycles. The summed E-state index contributed by atoms with van der Waals surface area (Å²) in [7, 11) is 0. The smallest absolute Gasteiger partial charge is 1.00 e. The van der Waals surface area contributed by atoms with E-state index in [0.29, 0.717) is 0 Å². The third-order valence-electron chi connectivity index (χ3n) is 0.319. The molecule has 0 rings (SSSR count). The molecule has 0 saturated heterocycles. The number of aliphatic carboxylic acids is 1. The predicted molar refractivity (Wildman–Crippen MR) is 23.6 cm³/mol. The molecule has 0 aliphatic carbocycles. The maximum absolute atomic E-state index is 9.53. The molecular weight excluding hydrogens is 87.0 g/mol. The summed E-state index contributed by atoms with van der Waals surface area (Å²) < 4.78 is 0. The zero-order chi connectivity index (χ0) is 4.99. The quantitative estimate of drug-likeness (QED) is 0.310. The third kappa shape index (κ3) is 10.7. The van der Waals surface area contributed by atoms with E-state index < -0.39 is 5.97 Å². The second-order valence-electron chi connectivity index (χ2n) is 0.887. The normalized spacial score (nSPS) is 6.29. The van der Waals surface area contributed by atoms with E-state index in [1.165, 1.54) is 6.08 Å². The van der Waals surface area contributed by atoms with Gasteiger partial charge in [0.25, 0.3) is 0 Å². The molecular formula is C4H7LiO2. The van der Waals surface area contributed by atoms with E-state index in [1.54, 1.807) is 0 Å². The van der Waals surface area contributed by atoms with Crippen LogP contribution in [0, 0.1) is 0 Å². The summed E-state index contributed by atoms with van der Waals surface area (Å²) in [6.07, 6.45) is 1.41. The number of carboxylic acids is 1. The van der Waals surface area contributed by atoms with Gasteiger partial charge in [-0.25, -0.2) is 0 Å². The van der Waals surface area contributed by atoms with Crippen LogP contribution in [0.2, 0.25) is 0 Å². The summed E-state index contributed by atoms with van der Waals surface area (Å²) in [5.74, 6) is -0.829. The van der Waals surface area contributed by atoms with Crippen LogP contribution < -0.4 is 18.9 Å². The van der Waals surface area contributed by atoms with Gasteiger partial charge in [-0.3, -0.25) is 4.79 Å². The summed E-state index contributed by atoms with van der Waals surface area (Å²) in [6, 6.07) is 0. The zero-order valence-corrected chi connectivity index (χ0v) is 4.35. The molecule has 0 aliphatic heterocycles. The van der Waals surface area contributed by atoms with E-state index in [2.05, 4.69) is 6.58 Å². The van der Waals surface area contributed by atoms with Crippen molar-refractivity contribution in [3.05, 3.63) is 12.7 Å². The van der Waals surface area contributed by atoms with Crippen molar-refractivity contribution in [2.24, 2.45) is 0 Å². The van der Waals surface area contributed by atoms with E-state index in [1.807, 2.05) is 0 Å². The molecule has 0 atom stereocenters. The van der Waals surface area contributed by atoms with Crippen molar-refractivity contribution in [3.63, 3.8) is 0 Å². The van der Waals surface area contributed by atoms with Gasteiger partial charge in [-0.05, 0) is 0 Å². The fourth-order valence-electron chi connectivity index (χ4n) is 0.123. The summed E-state index contributed by atoms with van der Waals surface area (Å²) >= 11 is 0. The predicted octanol–water partition coefficient (Wildman–Crippen LogP) is -2.24. The minimum atomic E-state index is -0.829. The van der Waals surface area contributed by atoms with Gasteiger partial charge in [-0.2, -0.15) is 0 Å². The average Bonchev–Trinajstić information content (AvgIpc) is 1.35. The van der Waals surface area contributed by atoms with Crippen LogP contribution in [-0.4, -0.2) is 11.1 Å². The average molecular weight is 94.0 g/mol. The van der Waals surface area contributed by atoms with Crippen LogP contribution in [0.1, 0.15) is 7.85 Å². The Balaban J connectivity index is -0.000000125. The van der Waals surface area contributed by atoms with Crippen LogP contribution in [0.25, 0.3) is 0 Å². The van der Waals surface area contributed by atoms with Gasteiger partial charge >= 0.3 is 24.8 Å². The minimum Gasteiger partial charge on any atom is -1.00 e. The molecule has 0 aromatic carbocycles. The van der Waals surface area contributed by atoms with Crippen LogP contribution >= 0.6 is 0 Å². The van der Waals surface area contributed by atoms with Crippen molar-refractivity contribution in [1.82, 2.24) is 0 Å². The first-order chi connectivity index (χ1) is 2.77. The summed E-state index contributed by atoms with van der Waals surface area (Å²) in [5, 5.41) is 7.84. The number of hydrogen-bond donors (Lipinski definition) is 1. The van der Waals surface area contributed by atoms with E-state index >= 15 is 0 Å². The van der Waals surface area contributed by atoms with Crippen LogP contribution in [-0.2, 0) is 4.79 Å². The molecule has 3 heteroatoms. The molecule has 0 fully saturated rings. The molecule has 0 radical (unpaired) electrons. The fraction of sp³-hybridized carbons (Fsp3) is 0.250. The van der Waals surface area contributed by atoms with Crippen molar-refractivity contribution in [2.45, 2.75) is 6.42 Å². The Labute approximate surface area is 55.9 Å². The Bertz CT molecular complexity index is 74.4. The Hall–Kier alpha value is -0.193. The molecule has 0 bridgehead atoms. The Morgan fingerprint density at radius 1 is 2.00 bits per heavy atom. The molecule has 2 nitrogen and oxygen atoms in total. The maximum atomic E-state index is 9.53. The van der Waals surface area contributed by atoms with E-state index in [4.69, 9.17) is 5.11 Å². The van der Waals surface area contributed by atoms with Crippen molar-refractivity contribution in [1.29, 1.82) is 0 Å². The van der Waals surface area contributed by atoms with E-state index in [0.717, 1.165) is 0 Å². The molecule has 0 amide bonds. The van der Waals surface area contributed by atoms with Crippen molar-refractivity contribution >= 4 is 5.97 Å². The Kier molecular flexibility index (Phi) is 8.24. The first-order valence-corrected chi connectivity index (χ1v) is 1.60. The number of hydrogen-bond acceptors (Lipinski definition) is 1. The molecule has 0 spiro atoms. The molecule has 0 saturated carbocycles. The summed E-state index contributed by atoms with van der Waals surface area (Å²) in [4.78, 5) is 9.53. The third-order valence-corrected chi connectivity index (χ3v) is 0.319. The zero-order valence-electron chi connectivity index (χ0n) is 5.35. The SMILES string of the molecule is C=CCC(=O)O.[H-].[Li+].